The quantitative estimate of drug-likeness (QED) is 0.812. The van der Waals surface area contributed by atoms with Crippen LogP contribution in [-0.2, 0) is 0 Å². The van der Waals surface area contributed by atoms with Gasteiger partial charge in [-0.3, -0.25) is 0 Å². The zero-order chi connectivity index (χ0) is 13.1. The minimum absolute atomic E-state index is 0.000481. The first-order chi connectivity index (χ1) is 7.79. The number of rotatable bonds is 4. The lowest BCUT2D eigenvalue weighted by Gasteiger charge is -2.37. The molecule has 1 unspecified atom stereocenters. The number of nitrogens with zero attached hydrogens (tertiary/aromatic N) is 2. The normalized spacial score (nSPS) is 22.1. The van der Waals surface area contributed by atoms with Gasteiger partial charge in [0.15, 0.2) is 0 Å². The van der Waals surface area contributed by atoms with Gasteiger partial charge in [-0.2, -0.15) is 0 Å². The van der Waals surface area contributed by atoms with E-state index in [1.807, 2.05) is 0 Å². The van der Waals surface area contributed by atoms with Crippen LogP contribution in [-0.4, -0.2) is 61.3 Å². The van der Waals surface area contributed by atoms with E-state index >= 15 is 0 Å². The Morgan fingerprint density at radius 3 is 2.18 bits per heavy atom. The summed E-state index contributed by atoms with van der Waals surface area (Å²) in [6, 6.07) is 0. The van der Waals surface area contributed by atoms with E-state index in [2.05, 4.69) is 44.7 Å². The third-order valence-electron chi connectivity index (χ3n) is 3.76. The van der Waals surface area contributed by atoms with Gasteiger partial charge in [0.05, 0.1) is 6.10 Å². The summed E-state index contributed by atoms with van der Waals surface area (Å²) in [6.45, 7) is 10.6. The van der Waals surface area contributed by atoms with Crippen LogP contribution in [0.15, 0.2) is 0 Å². The number of hydrogen-bond donors (Lipinski definition) is 1. The van der Waals surface area contributed by atoms with Gasteiger partial charge in [-0.1, -0.05) is 20.8 Å². The monoisotopic (exact) mass is 242 g/mol. The summed E-state index contributed by atoms with van der Waals surface area (Å²) < 4.78 is 0. The molecule has 0 aliphatic carbocycles. The summed E-state index contributed by atoms with van der Waals surface area (Å²) in [6.07, 6.45) is 2.33. The number of piperidine rings is 1. The summed E-state index contributed by atoms with van der Waals surface area (Å²) in [5, 5.41) is 10.1. The highest BCUT2D eigenvalue weighted by Gasteiger charge is 2.26. The Hall–Kier alpha value is -0.120. The van der Waals surface area contributed by atoms with Gasteiger partial charge in [-0.05, 0) is 51.4 Å². The van der Waals surface area contributed by atoms with Crippen LogP contribution >= 0.6 is 0 Å². The standard InChI is InChI=1S/C14H30N2O/c1-14(2,3)13(17)11-16-8-6-12(7-9-16)10-15(4)5/h12-13,17H,6-11H2,1-5H3. The average molecular weight is 242 g/mol. The Labute approximate surface area is 107 Å². The molecular formula is C14H30N2O. The highest BCUT2D eigenvalue weighted by Crippen LogP contribution is 2.23. The lowest BCUT2D eigenvalue weighted by atomic mass is 9.88. The SMILES string of the molecule is CN(C)CC1CCN(CC(O)C(C)(C)C)CC1. The Kier molecular flexibility index (Phi) is 5.42. The molecular weight excluding hydrogens is 212 g/mol. The molecule has 0 aromatic rings. The molecule has 0 amide bonds. The zero-order valence-corrected chi connectivity index (χ0v) is 12.2. The maximum atomic E-state index is 10.1. The van der Waals surface area contributed by atoms with Crippen LogP contribution in [0.3, 0.4) is 0 Å². The number of hydrogen-bond acceptors (Lipinski definition) is 3. The molecule has 1 aliphatic rings. The first kappa shape index (κ1) is 14.9. The van der Waals surface area contributed by atoms with Gasteiger partial charge < -0.3 is 14.9 Å². The third kappa shape index (κ3) is 5.36. The lowest BCUT2D eigenvalue weighted by Crippen LogP contribution is -2.44. The second kappa shape index (κ2) is 6.17. The predicted molar refractivity (Wildman–Crippen MR) is 73.2 cm³/mol. The minimum atomic E-state index is -0.215. The number of aliphatic hydroxyl groups excluding tert-OH is 1. The van der Waals surface area contributed by atoms with E-state index in [9.17, 15) is 5.11 Å². The smallest absolute Gasteiger partial charge is 0.0715 e. The van der Waals surface area contributed by atoms with Gasteiger partial charge in [0, 0.05) is 13.1 Å². The van der Waals surface area contributed by atoms with Gasteiger partial charge in [0.25, 0.3) is 0 Å². The van der Waals surface area contributed by atoms with Crippen LogP contribution in [0.1, 0.15) is 33.6 Å². The molecule has 3 nitrogen and oxygen atoms in total. The second-order valence-corrected chi connectivity index (χ2v) is 6.89. The van der Waals surface area contributed by atoms with Gasteiger partial charge in [-0.25, -0.2) is 0 Å². The number of likely N-dealkylation sites (tertiary alicyclic amines) is 1. The van der Waals surface area contributed by atoms with Crippen LogP contribution < -0.4 is 0 Å². The lowest BCUT2D eigenvalue weighted by molar-refractivity contribution is 0.0177. The zero-order valence-electron chi connectivity index (χ0n) is 12.2. The van der Waals surface area contributed by atoms with Crippen molar-refractivity contribution in [1.82, 2.24) is 9.80 Å². The van der Waals surface area contributed by atoms with E-state index in [0.29, 0.717) is 0 Å². The predicted octanol–water partition coefficient (Wildman–Crippen LogP) is 1.67. The third-order valence-corrected chi connectivity index (χ3v) is 3.76. The summed E-state index contributed by atoms with van der Waals surface area (Å²) >= 11 is 0. The Morgan fingerprint density at radius 1 is 1.24 bits per heavy atom. The van der Waals surface area contributed by atoms with Crippen LogP contribution in [0, 0.1) is 11.3 Å². The van der Waals surface area contributed by atoms with Crippen LogP contribution in [0.25, 0.3) is 0 Å². The Morgan fingerprint density at radius 2 is 1.76 bits per heavy atom. The molecule has 1 atom stereocenters. The van der Waals surface area contributed by atoms with Gasteiger partial charge in [0.1, 0.15) is 0 Å². The summed E-state index contributed by atoms with van der Waals surface area (Å²) in [5.74, 6) is 0.841. The van der Waals surface area contributed by atoms with E-state index in [1.54, 1.807) is 0 Å². The van der Waals surface area contributed by atoms with Crippen molar-refractivity contribution in [2.75, 3.05) is 40.3 Å². The van der Waals surface area contributed by atoms with Gasteiger partial charge in [-0.15, -0.1) is 0 Å². The fraction of sp³-hybridized carbons (Fsp3) is 1.00. The maximum Gasteiger partial charge on any atom is 0.0715 e. The molecule has 1 fully saturated rings. The molecule has 102 valence electrons. The highest BCUT2D eigenvalue weighted by molar-refractivity contribution is 4.80. The van der Waals surface area contributed by atoms with Crippen molar-refractivity contribution < 1.29 is 5.11 Å². The van der Waals surface area contributed by atoms with Crippen molar-refractivity contribution in [3.05, 3.63) is 0 Å². The van der Waals surface area contributed by atoms with Crippen molar-refractivity contribution in [1.29, 1.82) is 0 Å². The molecule has 0 radical (unpaired) electrons. The molecule has 1 aliphatic heterocycles. The van der Waals surface area contributed by atoms with Crippen molar-refractivity contribution in [2.45, 2.75) is 39.7 Å². The largest absolute Gasteiger partial charge is 0.391 e. The molecule has 3 heteroatoms. The first-order valence-electron chi connectivity index (χ1n) is 6.84. The molecule has 1 N–H and O–H groups in total. The fourth-order valence-corrected chi connectivity index (χ4v) is 2.39. The van der Waals surface area contributed by atoms with E-state index in [-0.39, 0.29) is 11.5 Å². The van der Waals surface area contributed by atoms with E-state index in [0.717, 1.165) is 25.6 Å². The van der Waals surface area contributed by atoms with Gasteiger partial charge in [0.2, 0.25) is 0 Å². The molecule has 1 rings (SSSR count). The first-order valence-corrected chi connectivity index (χ1v) is 6.84. The van der Waals surface area contributed by atoms with Crippen LogP contribution in [0.2, 0.25) is 0 Å². The van der Waals surface area contributed by atoms with Crippen molar-refractivity contribution >= 4 is 0 Å². The van der Waals surface area contributed by atoms with Crippen molar-refractivity contribution in [3.63, 3.8) is 0 Å². The van der Waals surface area contributed by atoms with Gasteiger partial charge >= 0.3 is 0 Å². The van der Waals surface area contributed by atoms with Crippen molar-refractivity contribution in [3.8, 4) is 0 Å². The van der Waals surface area contributed by atoms with Crippen LogP contribution in [0.5, 0.6) is 0 Å². The van der Waals surface area contributed by atoms with E-state index in [4.69, 9.17) is 0 Å². The maximum absolute atomic E-state index is 10.1. The summed E-state index contributed by atoms with van der Waals surface area (Å²) in [4.78, 5) is 4.70. The number of aliphatic hydroxyl groups is 1. The topological polar surface area (TPSA) is 26.7 Å². The molecule has 0 bridgehead atoms. The molecule has 0 aromatic carbocycles. The summed E-state index contributed by atoms with van der Waals surface area (Å²) in [7, 11) is 4.30. The molecule has 1 heterocycles. The Bertz CT molecular complexity index is 215. The van der Waals surface area contributed by atoms with E-state index < -0.39 is 0 Å². The molecule has 0 saturated carbocycles. The molecule has 17 heavy (non-hydrogen) atoms. The Balaban J connectivity index is 2.28. The minimum Gasteiger partial charge on any atom is -0.391 e. The second-order valence-electron chi connectivity index (χ2n) is 6.89. The summed E-state index contributed by atoms with van der Waals surface area (Å²) in [5.41, 5.74) is 0.000481. The fourth-order valence-electron chi connectivity index (χ4n) is 2.39. The van der Waals surface area contributed by atoms with Crippen LogP contribution in [0.4, 0.5) is 0 Å². The molecule has 0 aromatic heterocycles. The van der Waals surface area contributed by atoms with E-state index in [1.165, 1.54) is 19.4 Å². The molecule has 1 saturated heterocycles. The highest BCUT2D eigenvalue weighted by atomic mass is 16.3. The number of β-amino-alcohol motifs (C(OH)–C–C–N with tert-alkyl or cyclic N) is 1. The average Bonchev–Trinajstić information content (AvgIpc) is 2.18. The molecule has 0 spiro atoms. The van der Waals surface area contributed by atoms with Crippen molar-refractivity contribution in [2.24, 2.45) is 11.3 Å².